The Labute approximate surface area is 186 Å². The first-order valence-electron chi connectivity index (χ1n) is 8.83. The minimum atomic E-state index is -0.0282. The van der Waals surface area contributed by atoms with Gasteiger partial charge < -0.3 is 15.0 Å². The van der Waals surface area contributed by atoms with Gasteiger partial charge in [-0.25, -0.2) is 4.98 Å². The number of carbonyl (C=O) groups excluding carboxylic acids is 1. The van der Waals surface area contributed by atoms with E-state index in [1.165, 1.54) is 11.3 Å². The van der Waals surface area contributed by atoms with Crippen molar-refractivity contribution in [1.82, 2.24) is 20.2 Å². The Kier molecular flexibility index (Phi) is 8.85. The molecule has 154 valence electrons. The van der Waals surface area contributed by atoms with Gasteiger partial charge in [0.2, 0.25) is 0 Å². The number of halogens is 2. The number of piperazine rings is 1. The molecule has 1 amide bonds. The third-order valence-electron chi connectivity index (χ3n) is 4.52. The van der Waals surface area contributed by atoms with Gasteiger partial charge in [0.1, 0.15) is 12.4 Å². The quantitative estimate of drug-likeness (QED) is 0.638. The zero-order chi connectivity index (χ0) is 18.5. The number of aromatic nitrogens is 2. The molecule has 1 fully saturated rings. The first-order chi connectivity index (χ1) is 13.3. The van der Waals surface area contributed by atoms with Gasteiger partial charge in [-0.2, -0.15) is 0 Å². The van der Waals surface area contributed by atoms with Crippen LogP contribution in [0.1, 0.15) is 27.7 Å². The van der Waals surface area contributed by atoms with Crippen molar-refractivity contribution in [1.29, 1.82) is 0 Å². The molecule has 3 aromatic rings. The third kappa shape index (κ3) is 5.67. The minimum Gasteiger partial charge on any atom is -0.487 e. The summed E-state index contributed by atoms with van der Waals surface area (Å²) in [7, 11) is 0. The van der Waals surface area contributed by atoms with E-state index in [0.29, 0.717) is 24.5 Å². The average Bonchev–Trinajstić information content (AvgIpc) is 3.26. The second kappa shape index (κ2) is 11.1. The Morgan fingerprint density at radius 2 is 2.17 bits per heavy atom. The fraction of sp³-hybridized carbons (Fsp3) is 0.250. The smallest absolute Gasteiger partial charge is 0.254 e. The molecule has 0 saturated carbocycles. The number of hydrogen-bond donors (Lipinski definition) is 1. The van der Waals surface area contributed by atoms with Gasteiger partial charge in [0.25, 0.3) is 5.91 Å². The largest absolute Gasteiger partial charge is 0.487 e. The molecule has 6 nitrogen and oxygen atoms in total. The standard InChI is InChI=1S/C20H20N4O2S.2ClH/c25-20(24-8-7-22-11-19(24)16-4-2-6-21-10-16)15-3-1-5-18(9-15)26-12-17-13-27-14-23-17;;/h1-6,9-10,13-14,19,22H,7-8,11-12H2;2*1H. The summed E-state index contributed by atoms with van der Waals surface area (Å²) < 4.78 is 5.79. The number of thiazole rings is 1. The minimum absolute atomic E-state index is 0. The summed E-state index contributed by atoms with van der Waals surface area (Å²) in [5.41, 5.74) is 4.33. The lowest BCUT2D eigenvalue weighted by molar-refractivity contribution is 0.0633. The molecule has 1 aliphatic rings. The summed E-state index contributed by atoms with van der Waals surface area (Å²) in [6, 6.07) is 11.2. The third-order valence-corrected chi connectivity index (χ3v) is 5.16. The maximum Gasteiger partial charge on any atom is 0.254 e. The van der Waals surface area contributed by atoms with Gasteiger partial charge in [0.05, 0.1) is 17.2 Å². The SMILES string of the molecule is Cl.Cl.O=C(c1cccc(OCc2cscn2)c1)N1CCNCC1c1cccnc1. The fourth-order valence-corrected chi connectivity index (χ4v) is 3.71. The number of hydrogen-bond acceptors (Lipinski definition) is 6. The Hall–Kier alpha value is -2.19. The molecule has 3 heterocycles. The topological polar surface area (TPSA) is 67.3 Å². The zero-order valence-corrected chi connectivity index (χ0v) is 18.0. The van der Waals surface area contributed by atoms with Crippen LogP contribution in [0.15, 0.2) is 59.7 Å². The van der Waals surface area contributed by atoms with Crippen molar-refractivity contribution in [2.75, 3.05) is 19.6 Å². The molecule has 0 aliphatic carbocycles. The van der Waals surface area contributed by atoms with Crippen LogP contribution in [-0.2, 0) is 6.61 Å². The van der Waals surface area contributed by atoms with Crippen LogP contribution in [0.5, 0.6) is 5.75 Å². The van der Waals surface area contributed by atoms with Crippen LogP contribution in [0.3, 0.4) is 0 Å². The number of pyridine rings is 1. The van der Waals surface area contributed by atoms with Crippen LogP contribution in [0.4, 0.5) is 0 Å². The summed E-state index contributed by atoms with van der Waals surface area (Å²) in [5, 5.41) is 5.32. The second-order valence-corrected chi connectivity index (χ2v) is 7.02. The maximum absolute atomic E-state index is 13.2. The fourth-order valence-electron chi connectivity index (χ4n) is 3.17. The summed E-state index contributed by atoms with van der Waals surface area (Å²) in [5.74, 6) is 0.673. The van der Waals surface area contributed by atoms with Crippen molar-refractivity contribution >= 4 is 42.1 Å². The highest BCUT2D eigenvalue weighted by atomic mass is 35.5. The molecule has 4 rings (SSSR count). The van der Waals surface area contributed by atoms with E-state index in [1.54, 1.807) is 17.8 Å². The van der Waals surface area contributed by atoms with Gasteiger partial charge in [-0.3, -0.25) is 9.78 Å². The molecule has 0 spiro atoms. The number of nitrogens with one attached hydrogen (secondary N) is 1. The number of amides is 1. The highest BCUT2D eigenvalue weighted by molar-refractivity contribution is 7.07. The molecule has 1 atom stereocenters. The maximum atomic E-state index is 13.2. The van der Waals surface area contributed by atoms with Crippen LogP contribution < -0.4 is 10.1 Å². The summed E-state index contributed by atoms with van der Waals surface area (Å²) in [4.78, 5) is 23.5. The number of nitrogens with zero attached hydrogens (tertiary/aromatic N) is 3. The van der Waals surface area contributed by atoms with E-state index >= 15 is 0 Å². The molecule has 2 aromatic heterocycles. The molecule has 1 aromatic carbocycles. The normalized spacial score (nSPS) is 15.7. The van der Waals surface area contributed by atoms with E-state index in [2.05, 4.69) is 15.3 Å². The van der Waals surface area contributed by atoms with Gasteiger partial charge >= 0.3 is 0 Å². The van der Waals surface area contributed by atoms with Gasteiger partial charge in [0.15, 0.2) is 0 Å². The van der Waals surface area contributed by atoms with Crippen LogP contribution in [0, 0.1) is 0 Å². The van der Waals surface area contributed by atoms with Gasteiger partial charge in [-0.15, -0.1) is 36.2 Å². The molecule has 0 bridgehead atoms. The molecular formula is C20H22Cl2N4O2S. The first kappa shape index (κ1) is 23.1. The molecule has 29 heavy (non-hydrogen) atoms. The zero-order valence-electron chi connectivity index (χ0n) is 15.6. The Bertz CT molecular complexity index is 897. The Morgan fingerprint density at radius 3 is 2.93 bits per heavy atom. The highest BCUT2D eigenvalue weighted by Crippen LogP contribution is 2.25. The van der Waals surface area contributed by atoms with E-state index in [1.807, 2.05) is 46.8 Å². The first-order valence-corrected chi connectivity index (χ1v) is 9.77. The van der Waals surface area contributed by atoms with Crippen molar-refractivity contribution in [2.24, 2.45) is 0 Å². The van der Waals surface area contributed by atoms with Crippen molar-refractivity contribution < 1.29 is 9.53 Å². The van der Waals surface area contributed by atoms with Crippen LogP contribution >= 0.6 is 36.2 Å². The lowest BCUT2D eigenvalue weighted by Crippen LogP contribution is -2.48. The number of benzene rings is 1. The molecule has 1 unspecified atom stereocenters. The predicted molar refractivity (Wildman–Crippen MR) is 118 cm³/mol. The molecule has 1 saturated heterocycles. The van der Waals surface area contributed by atoms with Crippen molar-refractivity contribution in [2.45, 2.75) is 12.6 Å². The van der Waals surface area contributed by atoms with Crippen LogP contribution in [-0.4, -0.2) is 40.4 Å². The number of carbonyl (C=O) groups is 1. The van der Waals surface area contributed by atoms with Crippen molar-refractivity contribution in [3.05, 3.63) is 76.5 Å². The lowest BCUT2D eigenvalue weighted by atomic mass is 10.0. The monoisotopic (exact) mass is 452 g/mol. The second-order valence-electron chi connectivity index (χ2n) is 6.30. The van der Waals surface area contributed by atoms with Crippen molar-refractivity contribution in [3.63, 3.8) is 0 Å². The Balaban J connectivity index is 0.00000150. The van der Waals surface area contributed by atoms with E-state index in [4.69, 9.17) is 4.74 Å². The van der Waals surface area contributed by atoms with Gasteiger partial charge in [-0.1, -0.05) is 12.1 Å². The summed E-state index contributed by atoms with van der Waals surface area (Å²) in [6.45, 7) is 2.55. The van der Waals surface area contributed by atoms with Crippen molar-refractivity contribution in [3.8, 4) is 5.75 Å². The number of ether oxygens (including phenoxy) is 1. The van der Waals surface area contributed by atoms with E-state index in [0.717, 1.165) is 24.3 Å². The summed E-state index contributed by atoms with van der Waals surface area (Å²) in [6.07, 6.45) is 3.57. The molecule has 1 N–H and O–H groups in total. The Morgan fingerprint density at radius 1 is 1.28 bits per heavy atom. The molecule has 1 aliphatic heterocycles. The van der Waals surface area contributed by atoms with Gasteiger partial charge in [0, 0.05) is 43.0 Å². The van der Waals surface area contributed by atoms with Crippen LogP contribution in [0.25, 0.3) is 0 Å². The van der Waals surface area contributed by atoms with E-state index in [9.17, 15) is 4.79 Å². The lowest BCUT2D eigenvalue weighted by Gasteiger charge is -2.36. The van der Waals surface area contributed by atoms with Crippen LogP contribution in [0.2, 0.25) is 0 Å². The predicted octanol–water partition coefficient (Wildman–Crippen LogP) is 3.75. The average molecular weight is 453 g/mol. The summed E-state index contributed by atoms with van der Waals surface area (Å²) >= 11 is 1.54. The van der Waals surface area contributed by atoms with E-state index < -0.39 is 0 Å². The number of rotatable bonds is 5. The van der Waals surface area contributed by atoms with Gasteiger partial charge in [-0.05, 0) is 29.8 Å². The molecule has 9 heteroatoms. The van der Waals surface area contributed by atoms with E-state index in [-0.39, 0.29) is 36.8 Å². The highest BCUT2D eigenvalue weighted by Gasteiger charge is 2.28. The molecular weight excluding hydrogens is 431 g/mol. The molecule has 0 radical (unpaired) electrons.